The van der Waals surface area contributed by atoms with Crippen LogP contribution in [0.25, 0.3) is 5.78 Å². The van der Waals surface area contributed by atoms with Crippen LogP contribution in [-0.2, 0) is 22.6 Å². The van der Waals surface area contributed by atoms with E-state index in [4.69, 9.17) is 0 Å². The predicted octanol–water partition coefficient (Wildman–Crippen LogP) is 1.73. The van der Waals surface area contributed by atoms with Gasteiger partial charge >= 0.3 is 0 Å². The number of amides is 2. The molecule has 1 saturated heterocycles. The fourth-order valence-corrected chi connectivity index (χ4v) is 3.55. The SMILES string of the molecule is Cc1nc2ncnn2c(C)c1CC(=O)NCc1ccc(N2CCCC2=O)cc1. The van der Waals surface area contributed by atoms with E-state index >= 15 is 0 Å². The monoisotopic (exact) mass is 378 g/mol. The van der Waals surface area contributed by atoms with Crippen LogP contribution in [0.4, 0.5) is 5.69 Å². The minimum Gasteiger partial charge on any atom is -0.352 e. The Labute approximate surface area is 162 Å². The van der Waals surface area contributed by atoms with Gasteiger partial charge in [0.25, 0.3) is 5.78 Å². The Balaban J connectivity index is 1.39. The minimum atomic E-state index is -0.0775. The molecule has 8 nitrogen and oxygen atoms in total. The Hall–Kier alpha value is -3.29. The van der Waals surface area contributed by atoms with Crippen molar-refractivity contribution in [1.29, 1.82) is 0 Å². The van der Waals surface area contributed by atoms with Crippen LogP contribution in [0.1, 0.15) is 35.4 Å². The molecule has 1 aliphatic rings. The van der Waals surface area contributed by atoms with Crippen molar-refractivity contribution in [2.45, 2.75) is 39.7 Å². The Morgan fingerprint density at radius 3 is 2.71 bits per heavy atom. The number of carbonyl (C=O) groups excluding carboxylic acids is 2. The zero-order valence-electron chi connectivity index (χ0n) is 16.0. The van der Waals surface area contributed by atoms with Gasteiger partial charge in [0.15, 0.2) is 0 Å². The summed E-state index contributed by atoms with van der Waals surface area (Å²) in [6.45, 7) is 5.00. The van der Waals surface area contributed by atoms with Crippen molar-refractivity contribution < 1.29 is 9.59 Å². The van der Waals surface area contributed by atoms with E-state index in [1.165, 1.54) is 6.33 Å². The van der Waals surface area contributed by atoms with E-state index in [1.54, 1.807) is 9.42 Å². The second-order valence-electron chi connectivity index (χ2n) is 7.00. The molecule has 0 bridgehead atoms. The van der Waals surface area contributed by atoms with E-state index in [-0.39, 0.29) is 18.2 Å². The van der Waals surface area contributed by atoms with Crippen LogP contribution in [0.3, 0.4) is 0 Å². The summed E-state index contributed by atoms with van der Waals surface area (Å²) < 4.78 is 1.65. The standard InChI is InChI=1S/C20H22N6O2/c1-13-17(14(2)26-20(24-13)22-12-23-26)10-18(27)21-11-15-5-7-16(8-6-15)25-9-3-4-19(25)28/h5-8,12H,3-4,9-11H2,1-2H3,(H,21,27). The Kier molecular flexibility index (Phi) is 4.77. The Morgan fingerprint density at radius 1 is 1.21 bits per heavy atom. The molecule has 1 N–H and O–H groups in total. The van der Waals surface area contributed by atoms with Crippen LogP contribution in [0.5, 0.6) is 0 Å². The maximum Gasteiger partial charge on any atom is 0.252 e. The smallest absolute Gasteiger partial charge is 0.252 e. The number of nitrogens with one attached hydrogen (secondary N) is 1. The first-order chi connectivity index (χ1) is 13.5. The Morgan fingerprint density at radius 2 is 2.00 bits per heavy atom. The molecule has 0 unspecified atom stereocenters. The zero-order valence-corrected chi connectivity index (χ0v) is 16.0. The van der Waals surface area contributed by atoms with Gasteiger partial charge < -0.3 is 10.2 Å². The highest BCUT2D eigenvalue weighted by atomic mass is 16.2. The first kappa shape index (κ1) is 18.1. The summed E-state index contributed by atoms with van der Waals surface area (Å²) in [7, 11) is 0. The molecule has 4 rings (SSSR count). The van der Waals surface area contributed by atoms with E-state index in [9.17, 15) is 9.59 Å². The molecule has 2 aromatic heterocycles. The number of rotatable bonds is 5. The van der Waals surface area contributed by atoms with Crippen molar-refractivity contribution >= 4 is 23.3 Å². The maximum atomic E-state index is 12.4. The number of fused-ring (bicyclic) bond motifs is 1. The highest BCUT2D eigenvalue weighted by Crippen LogP contribution is 2.21. The van der Waals surface area contributed by atoms with E-state index in [2.05, 4.69) is 20.4 Å². The van der Waals surface area contributed by atoms with Gasteiger partial charge in [0, 0.05) is 42.1 Å². The lowest BCUT2D eigenvalue weighted by atomic mass is 10.1. The molecular weight excluding hydrogens is 356 g/mol. The quantitative estimate of drug-likeness (QED) is 0.730. The highest BCUT2D eigenvalue weighted by Gasteiger charge is 2.21. The maximum absolute atomic E-state index is 12.4. The molecule has 144 valence electrons. The van der Waals surface area contributed by atoms with Gasteiger partial charge in [-0.05, 0) is 38.0 Å². The second kappa shape index (κ2) is 7.38. The number of anilines is 1. The van der Waals surface area contributed by atoms with E-state index < -0.39 is 0 Å². The third-order valence-electron chi connectivity index (χ3n) is 5.14. The highest BCUT2D eigenvalue weighted by molar-refractivity contribution is 5.95. The number of benzene rings is 1. The number of nitrogens with zero attached hydrogens (tertiary/aromatic N) is 5. The van der Waals surface area contributed by atoms with Crippen molar-refractivity contribution in [1.82, 2.24) is 24.9 Å². The summed E-state index contributed by atoms with van der Waals surface area (Å²) >= 11 is 0. The topological polar surface area (TPSA) is 92.5 Å². The molecule has 1 fully saturated rings. The molecule has 1 aromatic carbocycles. The number of carbonyl (C=O) groups is 2. The van der Waals surface area contributed by atoms with E-state index in [0.29, 0.717) is 18.7 Å². The normalized spacial score (nSPS) is 14.1. The van der Waals surface area contributed by atoms with Gasteiger partial charge in [0.05, 0.1) is 6.42 Å². The van der Waals surface area contributed by atoms with Gasteiger partial charge in [-0.1, -0.05) is 12.1 Å². The summed E-state index contributed by atoms with van der Waals surface area (Å²) in [5.41, 5.74) is 4.42. The third kappa shape index (κ3) is 3.45. The molecule has 1 aliphatic heterocycles. The second-order valence-corrected chi connectivity index (χ2v) is 7.00. The molecule has 2 amide bonds. The van der Waals surface area contributed by atoms with Gasteiger partial charge in [0.1, 0.15) is 6.33 Å². The number of hydrogen-bond donors (Lipinski definition) is 1. The Bertz CT molecular complexity index is 1040. The number of hydrogen-bond acceptors (Lipinski definition) is 5. The molecule has 3 aromatic rings. The fourth-order valence-electron chi connectivity index (χ4n) is 3.55. The third-order valence-corrected chi connectivity index (χ3v) is 5.14. The molecule has 0 atom stereocenters. The molecule has 0 spiro atoms. The van der Waals surface area contributed by atoms with Gasteiger partial charge in [-0.15, -0.1) is 0 Å². The summed E-state index contributed by atoms with van der Waals surface area (Å²) in [6.07, 6.45) is 3.22. The average Bonchev–Trinajstić information content (AvgIpc) is 3.33. The van der Waals surface area contributed by atoms with Crippen molar-refractivity contribution in [3.63, 3.8) is 0 Å². The van der Waals surface area contributed by atoms with Crippen LogP contribution in [0.2, 0.25) is 0 Å². The lowest BCUT2D eigenvalue weighted by Gasteiger charge is -2.16. The van der Waals surface area contributed by atoms with Crippen LogP contribution in [0, 0.1) is 13.8 Å². The summed E-state index contributed by atoms with van der Waals surface area (Å²) in [4.78, 5) is 34.6. The van der Waals surface area contributed by atoms with Crippen LogP contribution in [0.15, 0.2) is 30.6 Å². The van der Waals surface area contributed by atoms with Gasteiger partial charge in [-0.3, -0.25) is 9.59 Å². The molecular formula is C20H22N6O2. The zero-order chi connectivity index (χ0) is 19.7. The lowest BCUT2D eigenvalue weighted by Crippen LogP contribution is -2.26. The summed E-state index contributed by atoms with van der Waals surface area (Å²) in [5, 5.41) is 7.10. The minimum absolute atomic E-state index is 0.0775. The van der Waals surface area contributed by atoms with E-state index in [0.717, 1.165) is 41.2 Å². The van der Waals surface area contributed by atoms with Crippen molar-refractivity contribution in [3.8, 4) is 0 Å². The summed E-state index contributed by atoms with van der Waals surface area (Å²) in [5.74, 6) is 0.631. The van der Waals surface area contributed by atoms with Gasteiger partial charge in [-0.2, -0.15) is 10.1 Å². The lowest BCUT2D eigenvalue weighted by molar-refractivity contribution is -0.120. The average molecular weight is 378 g/mol. The largest absolute Gasteiger partial charge is 0.352 e. The van der Waals surface area contributed by atoms with Crippen molar-refractivity contribution in [3.05, 3.63) is 53.1 Å². The summed E-state index contributed by atoms with van der Waals surface area (Å²) in [6, 6.07) is 7.75. The molecule has 8 heteroatoms. The molecule has 0 saturated carbocycles. The van der Waals surface area contributed by atoms with Crippen molar-refractivity contribution in [2.24, 2.45) is 0 Å². The van der Waals surface area contributed by atoms with Crippen molar-refractivity contribution in [2.75, 3.05) is 11.4 Å². The first-order valence-electron chi connectivity index (χ1n) is 9.35. The molecule has 28 heavy (non-hydrogen) atoms. The predicted molar refractivity (Wildman–Crippen MR) is 104 cm³/mol. The molecule has 0 radical (unpaired) electrons. The van der Waals surface area contributed by atoms with E-state index in [1.807, 2.05) is 38.1 Å². The first-order valence-corrected chi connectivity index (χ1v) is 9.35. The number of aryl methyl sites for hydroxylation is 2. The van der Waals surface area contributed by atoms with Crippen LogP contribution >= 0.6 is 0 Å². The number of aromatic nitrogens is 4. The molecule has 3 heterocycles. The molecule has 0 aliphatic carbocycles. The fraction of sp³-hybridized carbons (Fsp3) is 0.350. The van der Waals surface area contributed by atoms with Gasteiger partial charge in [-0.25, -0.2) is 9.50 Å². The van der Waals surface area contributed by atoms with Crippen LogP contribution in [-0.4, -0.2) is 37.9 Å². The van der Waals surface area contributed by atoms with Crippen LogP contribution < -0.4 is 10.2 Å². The van der Waals surface area contributed by atoms with Gasteiger partial charge in [0.2, 0.25) is 11.8 Å².